The van der Waals surface area contributed by atoms with Crippen LogP contribution in [0, 0.1) is 0 Å². The number of carbonyl (C=O) groups excluding carboxylic acids is 1. The highest BCUT2D eigenvalue weighted by Crippen LogP contribution is 2.49. The van der Waals surface area contributed by atoms with Gasteiger partial charge in [0, 0.05) is 49.1 Å². The predicted octanol–water partition coefficient (Wildman–Crippen LogP) is 5.49. The number of fused-ring (bicyclic) bond motifs is 2. The van der Waals surface area contributed by atoms with E-state index >= 15 is 0 Å². The van der Waals surface area contributed by atoms with E-state index in [0.717, 1.165) is 47.6 Å². The minimum absolute atomic E-state index is 0.250. The van der Waals surface area contributed by atoms with Crippen LogP contribution in [0.2, 0.25) is 0 Å². The average molecular weight is 510 g/mol. The van der Waals surface area contributed by atoms with Crippen molar-refractivity contribution < 1.29 is 27.4 Å². The van der Waals surface area contributed by atoms with Crippen LogP contribution in [0.4, 0.5) is 29.3 Å². The molecule has 2 aromatic carbocycles. The van der Waals surface area contributed by atoms with Gasteiger partial charge in [0.05, 0.1) is 23.5 Å². The molecule has 1 amide bonds. The molecule has 0 unspecified atom stereocenters. The fourth-order valence-electron chi connectivity index (χ4n) is 4.28. The third-order valence-corrected chi connectivity index (χ3v) is 7.23. The van der Waals surface area contributed by atoms with E-state index in [0.29, 0.717) is 38.5 Å². The quantitative estimate of drug-likeness (QED) is 0.439. The molecule has 10 heteroatoms. The van der Waals surface area contributed by atoms with Crippen molar-refractivity contribution in [2.75, 3.05) is 64.0 Å². The third-order valence-electron chi connectivity index (χ3n) is 6.10. The molecular formula is C25H30F3N3O3S. The van der Waals surface area contributed by atoms with Crippen LogP contribution >= 0.6 is 11.8 Å². The lowest BCUT2D eigenvalue weighted by Crippen LogP contribution is -2.49. The highest BCUT2D eigenvalue weighted by atomic mass is 32.2. The molecule has 0 N–H and O–H groups in total. The molecule has 2 aromatic rings. The molecule has 1 fully saturated rings. The molecule has 2 heterocycles. The van der Waals surface area contributed by atoms with Crippen molar-refractivity contribution in [3.8, 4) is 0 Å². The van der Waals surface area contributed by atoms with E-state index in [1.54, 1.807) is 11.0 Å². The van der Waals surface area contributed by atoms with Crippen molar-refractivity contribution in [1.29, 1.82) is 0 Å². The number of nitrogens with zero attached hydrogens (tertiary/aromatic N) is 3. The van der Waals surface area contributed by atoms with Gasteiger partial charge in [-0.05, 0) is 50.2 Å². The van der Waals surface area contributed by atoms with Crippen LogP contribution in [0.25, 0.3) is 0 Å². The van der Waals surface area contributed by atoms with Crippen LogP contribution in [0.1, 0.15) is 18.9 Å². The molecule has 0 saturated carbocycles. The Balaban J connectivity index is 1.34. The second-order valence-electron chi connectivity index (χ2n) is 8.40. The number of halogens is 3. The molecule has 0 spiro atoms. The number of amides is 1. The number of benzene rings is 2. The van der Waals surface area contributed by atoms with Crippen molar-refractivity contribution in [3.05, 3.63) is 48.0 Å². The molecule has 1 saturated heterocycles. The molecule has 0 aliphatic carbocycles. The van der Waals surface area contributed by atoms with Gasteiger partial charge < -0.3 is 19.3 Å². The summed E-state index contributed by atoms with van der Waals surface area (Å²) in [6.45, 7) is 7.19. The van der Waals surface area contributed by atoms with Gasteiger partial charge in [0.25, 0.3) is 0 Å². The molecule has 35 heavy (non-hydrogen) atoms. The van der Waals surface area contributed by atoms with Crippen LogP contribution in [0.3, 0.4) is 0 Å². The van der Waals surface area contributed by atoms with Gasteiger partial charge in [-0.2, -0.15) is 13.2 Å². The van der Waals surface area contributed by atoms with Crippen LogP contribution in [0.15, 0.2) is 52.3 Å². The van der Waals surface area contributed by atoms with Gasteiger partial charge in [0.15, 0.2) is 0 Å². The normalized spacial score (nSPS) is 16.1. The monoisotopic (exact) mass is 509 g/mol. The Labute approximate surface area is 208 Å². The molecule has 2 aliphatic heterocycles. The second-order valence-corrected chi connectivity index (χ2v) is 9.48. The van der Waals surface area contributed by atoms with E-state index in [2.05, 4.69) is 4.90 Å². The fraction of sp³-hybridized carbons (Fsp3) is 0.480. The maximum Gasteiger partial charge on any atom is 0.416 e. The number of hydrogen-bond acceptors (Lipinski definition) is 6. The summed E-state index contributed by atoms with van der Waals surface area (Å²) in [5.74, 6) is 0. The van der Waals surface area contributed by atoms with Crippen LogP contribution in [-0.4, -0.2) is 75.0 Å². The van der Waals surface area contributed by atoms with Gasteiger partial charge in [-0.3, -0.25) is 4.90 Å². The molecule has 0 atom stereocenters. The zero-order valence-corrected chi connectivity index (χ0v) is 20.5. The van der Waals surface area contributed by atoms with Crippen molar-refractivity contribution in [2.45, 2.75) is 29.3 Å². The largest absolute Gasteiger partial charge is 0.447 e. The van der Waals surface area contributed by atoms with Crippen molar-refractivity contribution in [3.63, 3.8) is 0 Å². The number of hydrogen-bond donors (Lipinski definition) is 0. The first-order valence-electron chi connectivity index (χ1n) is 11.8. The standard InChI is InChI=1S/C25H30F3N3O3S/c1-2-33-16-17-34-24(32)30-14-12-29(13-15-30)10-5-11-31-20-6-3-4-7-22(20)35-23-9-8-19(18-21(23)31)25(26,27)28/h3-4,6-9,18H,2,5,10-17H2,1H3. The summed E-state index contributed by atoms with van der Waals surface area (Å²) in [4.78, 5) is 20.0. The van der Waals surface area contributed by atoms with Crippen LogP contribution in [-0.2, 0) is 15.7 Å². The highest BCUT2D eigenvalue weighted by molar-refractivity contribution is 7.99. The minimum atomic E-state index is -4.38. The summed E-state index contributed by atoms with van der Waals surface area (Å²) < 4.78 is 50.6. The summed E-state index contributed by atoms with van der Waals surface area (Å²) in [5.41, 5.74) is 0.901. The minimum Gasteiger partial charge on any atom is -0.447 e. The maximum absolute atomic E-state index is 13.4. The van der Waals surface area contributed by atoms with E-state index < -0.39 is 11.7 Å². The van der Waals surface area contributed by atoms with Crippen molar-refractivity contribution in [2.24, 2.45) is 0 Å². The first-order valence-corrected chi connectivity index (χ1v) is 12.7. The molecule has 190 valence electrons. The van der Waals surface area contributed by atoms with Crippen molar-refractivity contribution >= 4 is 29.2 Å². The Bertz CT molecular complexity index is 1010. The predicted molar refractivity (Wildman–Crippen MR) is 129 cm³/mol. The zero-order valence-electron chi connectivity index (χ0n) is 19.7. The number of piperazine rings is 1. The molecule has 0 radical (unpaired) electrons. The average Bonchev–Trinajstić information content (AvgIpc) is 2.85. The third kappa shape index (κ3) is 6.42. The first kappa shape index (κ1) is 25.7. The molecule has 6 nitrogen and oxygen atoms in total. The topological polar surface area (TPSA) is 45.3 Å². The number of anilines is 2. The Morgan fingerprint density at radius 3 is 2.46 bits per heavy atom. The lowest BCUT2D eigenvalue weighted by Gasteiger charge is -2.36. The molecule has 0 aromatic heterocycles. The zero-order chi connectivity index (χ0) is 24.8. The Morgan fingerprint density at radius 2 is 1.71 bits per heavy atom. The van der Waals surface area contributed by atoms with Gasteiger partial charge in [0.1, 0.15) is 6.61 Å². The number of alkyl halides is 3. The smallest absolute Gasteiger partial charge is 0.416 e. The van der Waals surface area contributed by atoms with E-state index in [1.165, 1.54) is 17.8 Å². The van der Waals surface area contributed by atoms with Crippen molar-refractivity contribution in [1.82, 2.24) is 9.80 Å². The number of para-hydroxylation sites is 1. The number of carbonyl (C=O) groups is 1. The summed E-state index contributed by atoms with van der Waals surface area (Å²) >= 11 is 1.50. The number of ether oxygens (including phenoxy) is 2. The van der Waals surface area contributed by atoms with E-state index in [9.17, 15) is 18.0 Å². The van der Waals surface area contributed by atoms with Crippen LogP contribution < -0.4 is 4.90 Å². The Morgan fingerprint density at radius 1 is 0.971 bits per heavy atom. The van der Waals surface area contributed by atoms with Gasteiger partial charge in [-0.25, -0.2) is 4.79 Å². The second kappa shape index (κ2) is 11.5. The molecule has 0 bridgehead atoms. The van der Waals surface area contributed by atoms with Gasteiger partial charge in [0.2, 0.25) is 0 Å². The van der Waals surface area contributed by atoms with Gasteiger partial charge >= 0.3 is 12.3 Å². The molecular weight excluding hydrogens is 479 g/mol. The van der Waals surface area contributed by atoms with Gasteiger partial charge in [-0.1, -0.05) is 23.9 Å². The number of rotatable bonds is 8. The maximum atomic E-state index is 13.4. The first-order chi connectivity index (χ1) is 16.9. The highest BCUT2D eigenvalue weighted by Gasteiger charge is 2.33. The van der Waals surface area contributed by atoms with Crippen LogP contribution in [0.5, 0.6) is 0 Å². The SMILES string of the molecule is CCOCCOC(=O)N1CCN(CCCN2c3ccccc3Sc3ccc(C(F)(F)F)cc32)CC1. The summed E-state index contributed by atoms with van der Waals surface area (Å²) in [6.07, 6.45) is -3.91. The molecule has 4 rings (SSSR count). The molecule has 2 aliphatic rings. The fourth-order valence-corrected chi connectivity index (χ4v) is 5.35. The Kier molecular flexibility index (Phi) is 8.46. The Hall–Kier alpha value is -2.43. The van der Waals surface area contributed by atoms with E-state index in [-0.39, 0.29) is 12.7 Å². The van der Waals surface area contributed by atoms with E-state index in [4.69, 9.17) is 9.47 Å². The summed E-state index contributed by atoms with van der Waals surface area (Å²) in [5, 5.41) is 0. The summed E-state index contributed by atoms with van der Waals surface area (Å²) in [7, 11) is 0. The summed E-state index contributed by atoms with van der Waals surface area (Å²) in [6, 6.07) is 11.8. The lowest BCUT2D eigenvalue weighted by molar-refractivity contribution is -0.137. The lowest BCUT2D eigenvalue weighted by atomic mass is 10.1. The van der Waals surface area contributed by atoms with Gasteiger partial charge in [-0.15, -0.1) is 0 Å². The van der Waals surface area contributed by atoms with E-state index in [1.807, 2.05) is 36.1 Å².